The third kappa shape index (κ3) is 2.68. The van der Waals surface area contributed by atoms with Crippen molar-refractivity contribution in [3.05, 3.63) is 53.6 Å². The third-order valence-electron chi connectivity index (χ3n) is 4.47. The van der Waals surface area contributed by atoms with Crippen LogP contribution in [0.4, 0.5) is 17.1 Å². The monoisotopic (exact) mass is 281 g/mol. The van der Waals surface area contributed by atoms with E-state index in [0.29, 0.717) is 0 Å². The maximum Gasteiger partial charge on any atom is 0.0601 e. The normalized spacial score (nSPS) is 15.3. The fraction of sp³-hybridized carbons (Fsp3) is 0.333. The van der Waals surface area contributed by atoms with Gasteiger partial charge in [-0.15, -0.1) is 0 Å². The van der Waals surface area contributed by atoms with Gasteiger partial charge in [0, 0.05) is 31.9 Å². The van der Waals surface area contributed by atoms with Gasteiger partial charge in [-0.25, -0.2) is 0 Å². The second-order valence-corrected chi connectivity index (χ2v) is 5.75. The molecule has 0 atom stereocenters. The minimum absolute atomic E-state index is 0.873. The molecule has 0 bridgehead atoms. The zero-order chi connectivity index (χ0) is 14.8. The number of hydrogen-bond donors (Lipinski definition) is 1. The largest absolute Gasteiger partial charge is 0.397 e. The van der Waals surface area contributed by atoms with Gasteiger partial charge < -0.3 is 15.5 Å². The first-order valence-electron chi connectivity index (χ1n) is 7.57. The van der Waals surface area contributed by atoms with Gasteiger partial charge in [0.25, 0.3) is 0 Å². The summed E-state index contributed by atoms with van der Waals surface area (Å²) in [6, 6.07) is 14.7. The van der Waals surface area contributed by atoms with E-state index in [1.54, 1.807) is 0 Å². The average Bonchev–Trinajstić information content (AvgIpc) is 2.51. The zero-order valence-electron chi connectivity index (χ0n) is 12.8. The van der Waals surface area contributed by atoms with E-state index in [2.05, 4.69) is 54.0 Å². The molecule has 1 heterocycles. The molecule has 3 rings (SSSR count). The van der Waals surface area contributed by atoms with Crippen molar-refractivity contribution in [2.75, 3.05) is 41.7 Å². The van der Waals surface area contributed by atoms with E-state index in [9.17, 15) is 0 Å². The summed E-state index contributed by atoms with van der Waals surface area (Å²) in [5.74, 6) is 0. The van der Waals surface area contributed by atoms with E-state index < -0.39 is 0 Å². The van der Waals surface area contributed by atoms with Gasteiger partial charge in [0.2, 0.25) is 0 Å². The molecule has 0 aliphatic carbocycles. The summed E-state index contributed by atoms with van der Waals surface area (Å²) >= 11 is 0. The molecule has 3 nitrogen and oxygen atoms in total. The third-order valence-corrected chi connectivity index (χ3v) is 4.47. The van der Waals surface area contributed by atoms with E-state index >= 15 is 0 Å². The van der Waals surface area contributed by atoms with Gasteiger partial charge >= 0.3 is 0 Å². The summed E-state index contributed by atoms with van der Waals surface area (Å²) in [5.41, 5.74) is 12.3. The van der Waals surface area contributed by atoms with Crippen LogP contribution in [0.25, 0.3) is 0 Å². The van der Waals surface area contributed by atoms with Crippen molar-refractivity contribution in [2.45, 2.75) is 13.8 Å². The van der Waals surface area contributed by atoms with E-state index in [1.807, 2.05) is 12.1 Å². The Labute approximate surface area is 127 Å². The number of rotatable bonds is 2. The molecule has 1 aliphatic rings. The molecular weight excluding hydrogens is 258 g/mol. The summed E-state index contributed by atoms with van der Waals surface area (Å²) < 4.78 is 0. The molecule has 0 saturated carbocycles. The molecule has 2 aromatic carbocycles. The lowest BCUT2D eigenvalue weighted by molar-refractivity contribution is 0.653. The van der Waals surface area contributed by atoms with Crippen LogP contribution in [-0.2, 0) is 0 Å². The molecule has 2 aromatic rings. The molecule has 1 aliphatic heterocycles. The zero-order valence-corrected chi connectivity index (χ0v) is 12.8. The molecule has 2 N–H and O–H groups in total. The Hall–Kier alpha value is -2.16. The van der Waals surface area contributed by atoms with E-state index in [1.165, 1.54) is 16.8 Å². The highest BCUT2D eigenvalue weighted by Crippen LogP contribution is 2.27. The molecule has 3 heteroatoms. The molecule has 0 unspecified atom stereocenters. The van der Waals surface area contributed by atoms with Crippen LogP contribution in [0.2, 0.25) is 0 Å². The molecular formula is C18H23N3. The lowest BCUT2D eigenvalue weighted by atomic mass is 10.1. The first kappa shape index (κ1) is 13.8. The number of para-hydroxylation sites is 2. The molecule has 110 valence electrons. The number of hydrogen-bond acceptors (Lipinski definition) is 3. The van der Waals surface area contributed by atoms with Gasteiger partial charge in [-0.3, -0.25) is 0 Å². The van der Waals surface area contributed by atoms with Crippen molar-refractivity contribution in [3.8, 4) is 0 Å². The molecule has 0 radical (unpaired) electrons. The Kier molecular flexibility index (Phi) is 3.74. The number of anilines is 3. The van der Waals surface area contributed by atoms with Crippen molar-refractivity contribution in [1.82, 2.24) is 0 Å². The molecule has 0 spiro atoms. The minimum Gasteiger partial charge on any atom is -0.397 e. The van der Waals surface area contributed by atoms with Crippen LogP contribution in [0, 0.1) is 13.8 Å². The quantitative estimate of drug-likeness (QED) is 0.858. The minimum atomic E-state index is 0.873. The Morgan fingerprint density at radius 3 is 2.00 bits per heavy atom. The van der Waals surface area contributed by atoms with E-state index in [0.717, 1.165) is 37.6 Å². The second kappa shape index (κ2) is 5.68. The Morgan fingerprint density at radius 1 is 0.762 bits per heavy atom. The average molecular weight is 281 g/mol. The van der Waals surface area contributed by atoms with Crippen LogP contribution < -0.4 is 15.5 Å². The maximum atomic E-state index is 6.09. The van der Waals surface area contributed by atoms with Gasteiger partial charge in [-0.2, -0.15) is 0 Å². The number of piperazine rings is 1. The number of nitrogens with zero attached hydrogens (tertiary/aromatic N) is 2. The topological polar surface area (TPSA) is 32.5 Å². The van der Waals surface area contributed by atoms with Crippen molar-refractivity contribution >= 4 is 17.1 Å². The van der Waals surface area contributed by atoms with Gasteiger partial charge in [-0.05, 0) is 43.2 Å². The number of nitrogens with two attached hydrogens (primary N) is 1. The lowest BCUT2D eigenvalue weighted by Crippen LogP contribution is -2.47. The number of aryl methyl sites for hydroxylation is 1. The molecule has 21 heavy (non-hydrogen) atoms. The highest BCUT2D eigenvalue weighted by atomic mass is 15.3. The molecule has 0 amide bonds. The van der Waals surface area contributed by atoms with Gasteiger partial charge in [-0.1, -0.05) is 24.3 Å². The van der Waals surface area contributed by atoms with Crippen molar-refractivity contribution < 1.29 is 0 Å². The van der Waals surface area contributed by atoms with Crippen LogP contribution in [0.15, 0.2) is 42.5 Å². The van der Waals surface area contributed by atoms with Gasteiger partial charge in [0.1, 0.15) is 0 Å². The first-order valence-corrected chi connectivity index (χ1v) is 7.57. The van der Waals surface area contributed by atoms with Crippen LogP contribution >= 0.6 is 0 Å². The first-order chi connectivity index (χ1) is 10.2. The highest BCUT2D eigenvalue weighted by molar-refractivity contribution is 5.68. The smallest absolute Gasteiger partial charge is 0.0601 e. The summed E-state index contributed by atoms with van der Waals surface area (Å²) in [7, 11) is 0. The lowest BCUT2D eigenvalue weighted by Gasteiger charge is -2.38. The summed E-state index contributed by atoms with van der Waals surface area (Å²) in [6.07, 6.45) is 0. The van der Waals surface area contributed by atoms with E-state index in [4.69, 9.17) is 5.73 Å². The summed E-state index contributed by atoms with van der Waals surface area (Å²) in [4.78, 5) is 4.87. The van der Waals surface area contributed by atoms with Gasteiger partial charge in [0.15, 0.2) is 0 Å². The number of benzene rings is 2. The summed E-state index contributed by atoms with van der Waals surface area (Å²) in [6.45, 7) is 8.51. The molecule has 1 fully saturated rings. The van der Waals surface area contributed by atoms with Crippen molar-refractivity contribution in [1.29, 1.82) is 0 Å². The van der Waals surface area contributed by atoms with Crippen molar-refractivity contribution in [3.63, 3.8) is 0 Å². The fourth-order valence-corrected chi connectivity index (χ4v) is 3.04. The van der Waals surface area contributed by atoms with Crippen LogP contribution in [0.5, 0.6) is 0 Å². The maximum absolute atomic E-state index is 6.09. The molecule has 1 saturated heterocycles. The number of nitrogen functional groups attached to an aromatic ring is 1. The van der Waals surface area contributed by atoms with E-state index in [-0.39, 0.29) is 0 Å². The van der Waals surface area contributed by atoms with Crippen LogP contribution in [-0.4, -0.2) is 26.2 Å². The Bertz CT molecular complexity index is 628. The van der Waals surface area contributed by atoms with Crippen molar-refractivity contribution in [2.24, 2.45) is 0 Å². The molecule has 0 aromatic heterocycles. The summed E-state index contributed by atoms with van der Waals surface area (Å²) in [5, 5.41) is 0. The highest BCUT2D eigenvalue weighted by Gasteiger charge is 2.19. The SMILES string of the molecule is Cc1cccc(N2CCN(c3ccccc3N)CC2)c1C. The predicted molar refractivity (Wildman–Crippen MR) is 91.2 cm³/mol. The van der Waals surface area contributed by atoms with Crippen LogP contribution in [0.1, 0.15) is 11.1 Å². The van der Waals surface area contributed by atoms with Crippen LogP contribution in [0.3, 0.4) is 0 Å². The van der Waals surface area contributed by atoms with Gasteiger partial charge in [0.05, 0.1) is 11.4 Å². The standard InChI is InChI=1S/C18H23N3/c1-14-6-5-9-17(15(14)2)20-10-12-21(13-11-20)18-8-4-3-7-16(18)19/h3-9H,10-13,19H2,1-2H3. The second-order valence-electron chi connectivity index (χ2n) is 5.75. The Balaban J connectivity index is 1.74. The Morgan fingerprint density at radius 2 is 1.33 bits per heavy atom. The fourth-order valence-electron chi connectivity index (χ4n) is 3.04. The predicted octanol–water partition coefficient (Wildman–Crippen LogP) is 3.21.